The lowest BCUT2D eigenvalue weighted by atomic mass is 10.0. The highest BCUT2D eigenvalue weighted by Gasteiger charge is 2.19. The summed E-state index contributed by atoms with van der Waals surface area (Å²) in [7, 11) is 0. The number of aliphatic hydroxyl groups is 1. The second-order valence-electron chi connectivity index (χ2n) is 5.93. The van der Waals surface area contributed by atoms with Gasteiger partial charge in [-0.15, -0.1) is 0 Å². The molecular weight excluding hydrogens is 260 g/mol. The maximum Gasteiger partial charge on any atom is 0.138 e. The van der Waals surface area contributed by atoms with Crippen LogP contribution in [0.1, 0.15) is 40.5 Å². The fourth-order valence-corrected chi connectivity index (χ4v) is 3.29. The Labute approximate surface area is 124 Å². The van der Waals surface area contributed by atoms with Crippen molar-refractivity contribution in [3.8, 4) is 0 Å². The van der Waals surface area contributed by atoms with Crippen LogP contribution < -0.4 is 0 Å². The molecule has 0 spiro atoms. The van der Waals surface area contributed by atoms with Gasteiger partial charge in [0.2, 0.25) is 0 Å². The SMILES string of the molecule is Cc1cccc2cc(C(O)c3ccc4c(c3)CCC4)oc12. The van der Waals surface area contributed by atoms with E-state index in [4.69, 9.17) is 4.42 Å². The first-order valence-electron chi connectivity index (χ1n) is 7.51. The number of rotatable bonds is 2. The third-order valence-corrected chi connectivity index (χ3v) is 4.47. The molecule has 0 saturated heterocycles. The predicted molar refractivity (Wildman–Crippen MR) is 83.5 cm³/mol. The topological polar surface area (TPSA) is 33.4 Å². The van der Waals surface area contributed by atoms with E-state index in [0.717, 1.165) is 34.9 Å². The van der Waals surface area contributed by atoms with Crippen molar-refractivity contribution in [2.24, 2.45) is 0 Å². The second kappa shape index (κ2) is 4.74. The Hall–Kier alpha value is -2.06. The van der Waals surface area contributed by atoms with E-state index in [0.29, 0.717) is 5.76 Å². The van der Waals surface area contributed by atoms with Crippen LogP contribution >= 0.6 is 0 Å². The molecule has 1 aliphatic rings. The van der Waals surface area contributed by atoms with Crippen LogP contribution in [0.15, 0.2) is 46.9 Å². The summed E-state index contributed by atoms with van der Waals surface area (Å²) < 4.78 is 5.88. The molecule has 0 bridgehead atoms. The number of fused-ring (bicyclic) bond motifs is 2. The van der Waals surface area contributed by atoms with Crippen molar-refractivity contribution in [2.75, 3.05) is 0 Å². The minimum absolute atomic E-state index is 0.622. The van der Waals surface area contributed by atoms with E-state index in [1.54, 1.807) is 0 Å². The zero-order valence-electron chi connectivity index (χ0n) is 12.1. The van der Waals surface area contributed by atoms with Crippen LogP contribution in [0.3, 0.4) is 0 Å². The molecule has 4 rings (SSSR count). The zero-order valence-corrected chi connectivity index (χ0v) is 12.1. The fraction of sp³-hybridized carbons (Fsp3) is 0.263. The van der Waals surface area contributed by atoms with E-state index in [9.17, 15) is 5.11 Å². The lowest BCUT2D eigenvalue weighted by Gasteiger charge is -2.10. The Kier molecular flexibility index (Phi) is 2.86. The molecule has 2 nitrogen and oxygen atoms in total. The van der Waals surface area contributed by atoms with Crippen molar-refractivity contribution < 1.29 is 9.52 Å². The smallest absolute Gasteiger partial charge is 0.138 e. The quantitative estimate of drug-likeness (QED) is 0.757. The third kappa shape index (κ3) is 2.07. The summed E-state index contributed by atoms with van der Waals surface area (Å²) in [5, 5.41) is 11.7. The lowest BCUT2D eigenvalue weighted by Crippen LogP contribution is -1.99. The highest BCUT2D eigenvalue weighted by atomic mass is 16.4. The van der Waals surface area contributed by atoms with Crippen molar-refractivity contribution in [2.45, 2.75) is 32.3 Å². The number of benzene rings is 2. The number of furan rings is 1. The predicted octanol–water partition coefficient (Wildman–Crippen LogP) is 4.31. The molecule has 1 aliphatic carbocycles. The molecule has 21 heavy (non-hydrogen) atoms. The molecule has 1 heterocycles. The van der Waals surface area contributed by atoms with E-state index < -0.39 is 6.10 Å². The van der Waals surface area contributed by atoms with Crippen LogP contribution in [0.25, 0.3) is 11.0 Å². The van der Waals surface area contributed by atoms with Gasteiger partial charge in [-0.05, 0) is 54.5 Å². The molecule has 1 unspecified atom stereocenters. The summed E-state index contributed by atoms with van der Waals surface area (Å²) in [6.45, 7) is 2.03. The van der Waals surface area contributed by atoms with Gasteiger partial charge in [0.25, 0.3) is 0 Å². The van der Waals surface area contributed by atoms with E-state index in [2.05, 4.69) is 12.1 Å². The molecule has 1 aromatic heterocycles. The summed E-state index contributed by atoms with van der Waals surface area (Å²) in [4.78, 5) is 0. The zero-order chi connectivity index (χ0) is 14.4. The number of aliphatic hydroxyl groups excluding tert-OH is 1. The van der Waals surface area contributed by atoms with Crippen LogP contribution in [0, 0.1) is 6.92 Å². The summed E-state index contributed by atoms with van der Waals surface area (Å²) in [6.07, 6.45) is 2.81. The van der Waals surface area contributed by atoms with Crippen molar-refractivity contribution in [3.63, 3.8) is 0 Å². The van der Waals surface area contributed by atoms with Crippen molar-refractivity contribution >= 4 is 11.0 Å². The van der Waals surface area contributed by atoms with Gasteiger partial charge in [0.05, 0.1) is 0 Å². The summed E-state index contributed by atoms with van der Waals surface area (Å²) in [5.41, 5.74) is 5.69. The monoisotopic (exact) mass is 278 g/mol. The Morgan fingerprint density at radius 3 is 2.76 bits per heavy atom. The van der Waals surface area contributed by atoms with Gasteiger partial charge in [-0.1, -0.05) is 36.4 Å². The maximum atomic E-state index is 10.6. The fourth-order valence-electron chi connectivity index (χ4n) is 3.29. The van der Waals surface area contributed by atoms with Gasteiger partial charge < -0.3 is 9.52 Å². The first kappa shape index (κ1) is 12.7. The molecule has 106 valence electrons. The molecule has 0 aliphatic heterocycles. The standard InChI is InChI=1S/C19H18O2/c1-12-4-2-7-16-11-17(21-19(12)16)18(20)15-9-8-13-5-3-6-14(13)10-15/h2,4,7-11,18,20H,3,5-6H2,1H3. The molecule has 1 atom stereocenters. The average Bonchev–Trinajstić information content (AvgIpc) is 3.12. The third-order valence-electron chi connectivity index (χ3n) is 4.47. The minimum atomic E-state index is -0.692. The molecule has 2 aromatic carbocycles. The summed E-state index contributed by atoms with van der Waals surface area (Å²) >= 11 is 0. The molecule has 2 heteroatoms. The summed E-state index contributed by atoms with van der Waals surface area (Å²) in [5.74, 6) is 0.622. The molecule has 0 fully saturated rings. The largest absolute Gasteiger partial charge is 0.458 e. The number of hydrogen-bond acceptors (Lipinski definition) is 2. The van der Waals surface area contributed by atoms with Crippen molar-refractivity contribution in [1.29, 1.82) is 0 Å². The highest BCUT2D eigenvalue weighted by Crippen LogP contribution is 2.32. The normalized spacial score (nSPS) is 15.3. The van der Waals surface area contributed by atoms with Crippen LogP contribution in [0.2, 0.25) is 0 Å². The number of hydrogen-bond donors (Lipinski definition) is 1. The average molecular weight is 278 g/mol. The van der Waals surface area contributed by atoms with Crippen molar-refractivity contribution in [1.82, 2.24) is 0 Å². The van der Waals surface area contributed by atoms with Crippen LogP contribution in [0.4, 0.5) is 0 Å². The van der Waals surface area contributed by atoms with Gasteiger partial charge in [-0.25, -0.2) is 0 Å². The molecule has 0 saturated carbocycles. The van der Waals surface area contributed by atoms with E-state index in [1.807, 2.05) is 37.3 Å². The lowest BCUT2D eigenvalue weighted by molar-refractivity contribution is 0.192. The first-order valence-corrected chi connectivity index (χ1v) is 7.51. The minimum Gasteiger partial charge on any atom is -0.458 e. The summed E-state index contributed by atoms with van der Waals surface area (Å²) in [6, 6.07) is 14.3. The molecule has 0 radical (unpaired) electrons. The van der Waals surface area contributed by atoms with Gasteiger partial charge in [-0.2, -0.15) is 0 Å². The molecular formula is C19H18O2. The van der Waals surface area contributed by atoms with Crippen molar-refractivity contribution in [3.05, 3.63) is 70.5 Å². The first-order chi connectivity index (χ1) is 10.2. The van der Waals surface area contributed by atoms with E-state index >= 15 is 0 Å². The van der Waals surface area contributed by atoms with Gasteiger partial charge in [0.1, 0.15) is 17.4 Å². The van der Waals surface area contributed by atoms with Gasteiger partial charge in [-0.3, -0.25) is 0 Å². The number of aryl methyl sites for hydroxylation is 3. The Morgan fingerprint density at radius 2 is 1.90 bits per heavy atom. The van der Waals surface area contributed by atoms with Crippen LogP contribution in [-0.2, 0) is 12.8 Å². The Bertz CT molecular complexity index is 814. The van der Waals surface area contributed by atoms with Crippen LogP contribution in [-0.4, -0.2) is 5.11 Å². The van der Waals surface area contributed by atoms with E-state index in [1.165, 1.54) is 17.5 Å². The van der Waals surface area contributed by atoms with E-state index in [-0.39, 0.29) is 0 Å². The van der Waals surface area contributed by atoms with Gasteiger partial charge in [0, 0.05) is 5.39 Å². The second-order valence-corrected chi connectivity index (χ2v) is 5.93. The molecule has 1 N–H and O–H groups in total. The van der Waals surface area contributed by atoms with Crippen LogP contribution in [0.5, 0.6) is 0 Å². The molecule has 0 amide bonds. The van der Waals surface area contributed by atoms with Gasteiger partial charge in [0.15, 0.2) is 0 Å². The maximum absolute atomic E-state index is 10.6. The van der Waals surface area contributed by atoms with Gasteiger partial charge >= 0.3 is 0 Å². The highest BCUT2D eigenvalue weighted by molar-refractivity contribution is 5.81. The Balaban J connectivity index is 1.75. The number of para-hydroxylation sites is 1. The molecule has 3 aromatic rings. The Morgan fingerprint density at radius 1 is 1.05 bits per heavy atom.